The normalized spacial score (nSPS) is 20.0. The van der Waals surface area contributed by atoms with Crippen molar-refractivity contribution in [3.8, 4) is 0 Å². The maximum atomic E-state index is 12.9. The van der Waals surface area contributed by atoms with Gasteiger partial charge < -0.3 is 15.4 Å². The van der Waals surface area contributed by atoms with Crippen LogP contribution < -0.4 is 10.6 Å². The van der Waals surface area contributed by atoms with Gasteiger partial charge in [0.25, 0.3) is 0 Å². The second-order valence-corrected chi connectivity index (χ2v) is 8.75. The SMILES string of the molecule is CC(C)(C)OC(=O)NC(C1CCNC1)S(=O)(=O)c1ccccc1. The summed E-state index contributed by atoms with van der Waals surface area (Å²) < 4.78 is 31.1. The number of ether oxygens (including phenoxy) is 1. The van der Waals surface area contributed by atoms with Crippen molar-refractivity contribution in [2.45, 2.75) is 43.1 Å². The van der Waals surface area contributed by atoms with Gasteiger partial charge in [-0.25, -0.2) is 13.2 Å². The summed E-state index contributed by atoms with van der Waals surface area (Å²) in [6.07, 6.45) is -0.0269. The van der Waals surface area contributed by atoms with Crippen LogP contribution in [0.1, 0.15) is 27.2 Å². The monoisotopic (exact) mass is 340 g/mol. The van der Waals surface area contributed by atoms with E-state index in [9.17, 15) is 13.2 Å². The summed E-state index contributed by atoms with van der Waals surface area (Å²) in [6, 6.07) is 8.18. The van der Waals surface area contributed by atoms with Crippen LogP contribution in [-0.4, -0.2) is 38.6 Å². The second kappa shape index (κ2) is 6.88. The number of amides is 1. The molecule has 0 aromatic heterocycles. The van der Waals surface area contributed by atoms with Crippen molar-refractivity contribution < 1.29 is 17.9 Å². The quantitative estimate of drug-likeness (QED) is 0.875. The zero-order valence-corrected chi connectivity index (χ0v) is 14.5. The number of carbonyl (C=O) groups is 1. The molecule has 2 unspecified atom stereocenters. The molecular weight excluding hydrogens is 316 g/mol. The zero-order valence-electron chi connectivity index (χ0n) is 13.7. The van der Waals surface area contributed by atoms with Gasteiger partial charge in [0, 0.05) is 12.5 Å². The molecule has 23 heavy (non-hydrogen) atoms. The number of carbonyl (C=O) groups excluding carboxylic acids is 1. The predicted molar refractivity (Wildman–Crippen MR) is 87.8 cm³/mol. The zero-order chi connectivity index (χ0) is 17.1. The standard InChI is InChI=1S/C16H24N2O4S/c1-16(2,3)22-15(19)18-14(12-9-10-17-11-12)23(20,21)13-7-5-4-6-8-13/h4-8,12,14,17H,9-11H2,1-3H3,(H,18,19). The average molecular weight is 340 g/mol. The van der Waals surface area contributed by atoms with Gasteiger partial charge in [0.1, 0.15) is 11.0 Å². The predicted octanol–water partition coefficient (Wildman–Crippen LogP) is 1.92. The molecule has 1 aliphatic heterocycles. The molecule has 0 spiro atoms. The van der Waals surface area contributed by atoms with E-state index in [-0.39, 0.29) is 10.8 Å². The van der Waals surface area contributed by atoms with Crippen LogP contribution in [0.4, 0.5) is 4.79 Å². The van der Waals surface area contributed by atoms with Crippen molar-refractivity contribution in [1.82, 2.24) is 10.6 Å². The van der Waals surface area contributed by atoms with Gasteiger partial charge in [0.2, 0.25) is 0 Å². The van der Waals surface area contributed by atoms with Crippen molar-refractivity contribution in [2.75, 3.05) is 13.1 Å². The lowest BCUT2D eigenvalue weighted by Crippen LogP contribution is -2.48. The van der Waals surface area contributed by atoms with Gasteiger partial charge in [-0.2, -0.15) is 0 Å². The van der Waals surface area contributed by atoms with E-state index in [0.29, 0.717) is 13.0 Å². The highest BCUT2D eigenvalue weighted by Gasteiger charge is 2.38. The summed E-state index contributed by atoms with van der Waals surface area (Å²) in [7, 11) is -3.69. The third kappa shape index (κ3) is 4.68. The molecule has 0 bridgehead atoms. The summed E-state index contributed by atoms with van der Waals surface area (Å²) in [6.45, 7) is 6.51. The van der Waals surface area contributed by atoms with E-state index >= 15 is 0 Å². The summed E-state index contributed by atoms with van der Waals surface area (Å²) >= 11 is 0. The molecule has 2 rings (SSSR count). The Kier molecular flexibility index (Phi) is 5.31. The first kappa shape index (κ1) is 17.7. The highest BCUT2D eigenvalue weighted by Crippen LogP contribution is 2.24. The fourth-order valence-corrected chi connectivity index (χ4v) is 4.38. The van der Waals surface area contributed by atoms with Crippen LogP contribution in [0.2, 0.25) is 0 Å². The van der Waals surface area contributed by atoms with Crippen molar-refractivity contribution in [1.29, 1.82) is 0 Å². The molecule has 1 fully saturated rings. The van der Waals surface area contributed by atoms with E-state index in [1.54, 1.807) is 51.1 Å². The maximum absolute atomic E-state index is 12.9. The van der Waals surface area contributed by atoms with Gasteiger partial charge >= 0.3 is 6.09 Å². The molecule has 6 nitrogen and oxygen atoms in total. The average Bonchev–Trinajstić information content (AvgIpc) is 2.97. The largest absolute Gasteiger partial charge is 0.444 e. The lowest BCUT2D eigenvalue weighted by molar-refractivity contribution is 0.0509. The molecule has 0 aliphatic carbocycles. The molecule has 128 valence electrons. The Hall–Kier alpha value is -1.60. The van der Waals surface area contributed by atoms with Gasteiger partial charge in [0.15, 0.2) is 9.84 Å². The van der Waals surface area contributed by atoms with Crippen LogP contribution in [-0.2, 0) is 14.6 Å². The van der Waals surface area contributed by atoms with E-state index in [1.165, 1.54) is 0 Å². The minimum atomic E-state index is -3.69. The molecule has 2 atom stereocenters. The lowest BCUT2D eigenvalue weighted by atomic mass is 10.1. The van der Waals surface area contributed by atoms with Crippen LogP contribution in [0, 0.1) is 5.92 Å². The van der Waals surface area contributed by atoms with Crippen LogP contribution in [0.15, 0.2) is 35.2 Å². The molecule has 7 heteroatoms. The molecular formula is C16H24N2O4S. The number of sulfone groups is 1. The number of rotatable bonds is 4. The summed E-state index contributed by atoms with van der Waals surface area (Å²) in [5, 5.41) is 4.70. The van der Waals surface area contributed by atoms with Crippen LogP contribution in [0.5, 0.6) is 0 Å². The molecule has 1 saturated heterocycles. The number of nitrogens with one attached hydrogen (secondary N) is 2. The van der Waals surface area contributed by atoms with Crippen LogP contribution in [0.3, 0.4) is 0 Å². The van der Waals surface area contributed by atoms with Crippen LogP contribution in [0.25, 0.3) is 0 Å². The third-order valence-electron chi connectivity index (χ3n) is 3.59. The van der Waals surface area contributed by atoms with Crippen molar-refractivity contribution >= 4 is 15.9 Å². The van der Waals surface area contributed by atoms with Crippen molar-refractivity contribution in [3.05, 3.63) is 30.3 Å². The molecule has 0 saturated carbocycles. The topological polar surface area (TPSA) is 84.5 Å². The molecule has 1 aliphatic rings. The molecule has 1 amide bonds. The summed E-state index contributed by atoms with van der Waals surface area (Å²) in [5.74, 6) is -0.187. The fraction of sp³-hybridized carbons (Fsp3) is 0.562. The first-order chi connectivity index (χ1) is 10.7. The Morgan fingerprint density at radius 2 is 1.96 bits per heavy atom. The Morgan fingerprint density at radius 1 is 1.30 bits per heavy atom. The first-order valence-corrected chi connectivity index (χ1v) is 9.24. The van der Waals surface area contributed by atoms with Gasteiger partial charge in [-0.05, 0) is 45.9 Å². The maximum Gasteiger partial charge on any atom is 0.408 e. The highest BCUT2D eigenvalue weighted by molar-refractivity contribution is 7.92. The highest BCUT2D eigenvalue weighted by atomic mass is 32.2. The molecule has 1 heterocycles. The molecule has 2 N–H and O–H groups in total. The summed E-state index contributed by atoms with van der Waals surface area (Å²) in [5.41, 5.74) is -0.681. The van der Waals surface area contributed by atoms with E-state index in [2.05, 4.69) is 10.6 Å². The third-order valence-corrected chi connectivity index (χ3v) is 5.69. The minimum absolute atomic E-state index is 0.187. The molecule has 0 radical (unpaired) electrons. The Bertz CT molecular complexity index is 632. The van der Waals surface area contributed by atoms with Crippen LogP contribution >= 0.6 is 0 Å². The Morgan fingerprint density at radius 3 is 2.48 bits per heavy atom. The van der Waals surface area contributed by atoms with Crippen molar-refractivity contribution in [2.24, 2.45) is 5.92 Å². The number of hydrogen-bond donors (Lipinski definition) is 2. The van der Waals surface area contributed by atoms with E-state index < -0.39 is 26.9 Å². The van der Waals surface area contributed by atoms with Gasteiger partial charge in [-0.15, -0.1) is 0 Å². The van der Waals surface area contributed by atoms with E-state index in [0.717, 1.165) is 6.54 Å². The number of hydrogen-bond acceptors (Lipinski definition) is 5. The van der Waals surface area contributed by atoms with Gasteiger partial charge in [-0.1, -0.05) is 18.2 Å². The smallest absolute Gasteiger partial charge is 0.408 e. The Balaban J connectivity index is 2.26. The minimum Gasteiger partial charge on any atom is -0.444 e. The van der Waals surface area contributed by atoms with Gasteiger partial charge in [-0.3, -0.25) is 0 Å². The second-order valence-electron chi connectivity index (χ2n) is 6.68. The molecule has 1 aromatic carbocycles. The van der Waals surface area contributed by atoms with Crippen molar-refractivity contribution in [3.63, 3.8) is 0 Å². The number of benzene rings is 1. The van der Waals surface area contributed by atoms with E-state index in [1.807, 2.05) is 0 Å². The molecule has 1 aromatic rings. The fourth-order valence-electron chi connectivity index (χ4n) is 2.56. The lowest BCUT2D eigenvalue weighted by Gasteiger charge is -2.26. The van der Waals surface area contributed by atoms with Gasteiger partial charge in [0.05, 0.1) is 4.90 Å². The summed E-state index contributed by atoms with van der Waals surface area (Å²) in [4.78, 5) is 12.3. The Labute approximate surface area is 137 Å². The number of alkyl carbamates (subject to hydrolysis) is 1. The van der Waals surface area contributed by atoms with E-state index in [4.69, 9.17) is 4.74 Å². The first-order valence-electron chi connectivity index (χ1n) is 7.69.